The molecule has 0 atom stereocenters. The number of amides is 1. The van der Waals surface area contributed by atoms with Crippen LogP contribution in [0.15, 0.2) is 54.6 Å². The Hall–Kier alpha value is -3.90. The number of carbonyl (C=O) groups is 1. The average molecular weight is 622 g/mol. The predicted octanol–water partition coefficient (Wildman–Crippen LogP) is 9.35. The van der Waals surface area contributed by atoms with Crippen LogP contribution in [0.2, 0.25) is 0 Å². The lowest BCUT2D eigenvalue weighted by molar-refractivity contribution is -0.143. The van der Waals surface area contributed by atoms with Gasteiger partial charge in [0.25, 0.3) is 0 Å². The molecule has 0 saturated heterocycles. The first-order valence-corrected chi connectivity index (χ1v) is 12.8. The Bertz CT molecular complexity index is 1410. The molecule has 3 aromatic carbocycles. The number of nitrogens with zero attached hydrogens (tertiary/aromatic N) is 1. The minimum Gasteiger partial charge on any atom is -0.496 e. The molecule has 234 valence electrons. The minimum atomic E-state index is -5.07. The van der Waals surface area contributed by atoms with Gasteiger partial charge in [-0.1, -0.05) is 26.0 Å². The smallest absolute Gasteiger partial charge is 0.416 e. The monoisotopic (exact) mass is 621 g/mol. The number of hydrogen-bond donors (Lipinski definition) is 0. The lowest BCUT2D eigenvalue weighted by Gasteiger charge is -2.25. The van der Waals surface area contributed by atoms with Crippen molar-refractivity contribution in [3.8, 4) is 16.9 Å². The molecule has 0 aliphatic heterocycles. The van der Waals surface area contributed by atoms with E-state index in [1.807, 2.05) is 13.8 Å². The number of methoxy groups -OCH3 is 2. The number of alkyl halides is 9. The Morgan fingerprint density at radius 3 is 1.81 bits per heavy atom. The Kier molecular flexibility index (Phi) is 9.97. The Balaban J connectivity index is 2.09. The van der Waals surface area contributed by atoms with Crippen LogP contribution in [-0.4, -0.2) is 31.8 Å². The summed E-state index contributed by atoms with van der Waals surface area (Å²) in [6.07, 6.45) is -16.4. The lowest BCUT2D eigenvalue weighted by Crippen LogP contribution is -2.32. The number of ether oxygens (including phenoxy) is 2. The van der Waals surface area contributed by atoms with Gasteiger partial charge in [-0.25, -0.2) is 4.79 Å². The molecule has 4 nitrogen and oxygen atoms in total. The fourth-order valence-electron chi connectivity index (χ4n) is 4.46. The maximum Gasteiger partial charge on any atom is 0.416 e. The van der Waals surface area contributed by atoms with Gasteiger partial charge in [-0.15, -0.1) is 0 Å². The molecule has 0 saturated carbocycles. The van der Waals surface area contributed by atoms with Crippen LogP contribution >= 0.6 is 0 Å². The van der Waals surface area contributed by atoms with E-state index in [-0.39, 0.29) is 28.7 Å². The number of rotatable bonds is 8. The molecule has 0 heterocycles. The minimum absolute atomic E-state index is 0.000506. The number of halogens is 9. The summed E-state index contributed by atoms with van der Waals surface area (Å²) >= 11 is 0. The summed E-state index contributed by atoms with van der Waals surface area (Å²) in [5.74, 6) is 0.377. The van der Waals surface area contributed by atoms with Gasteiger partial charge in [-0.3, -0.25) is 0 Å². The van der Waals surface area contributed by atoms with Gasteiger partial charge in [0.2, 0.25) is 0 Å². The van der Waals surface area contributed by atoms with Crippen molar-refractivity contribution in [2.45, 2.75) is 51.3 Å². The molecular weight excluding hydrogens is 593 g/mol. The highest BCUT2D eigenvalue weighted by atomic mass is 19.4. The second kappa shape index (κ2) is 12.8. The molecule has 0 N–H and O–H groups in total. The third-order valence-corrected chi connectivity index (χ3v) is 6.72. The maximum atomic E-state index is 13.7. The van der Waals surface area contributed by atoms with Gasteiger partial charge in [-0.05, 0) is 77.1 Å². The van der Waals surface area contributed by atoms with Crippen molar-refractivity contribution in [2.24, 2.45) is 0 Å². The first-order valence-electron chi connectivity index (χ1n) is 12.8. The van der Waals surface area contributed by atoms with E-state index < -0.39 is 60.8 Å². The molecule has 0 aliphatic rings. The van der Waals surface area contributed by atoms with E-state index in [4.69, 9.17) is 9.47 Å². The highest BCUT2D eigenvalue weighted by Gasteiger charge is 2.37. The van der Waals surface area contributed by atoms with Crippen molar-refractivity contribution in [1.29, 1.82) is 0 Å². The zero-order valence-corrected chi connectivity index (χ0v) is 23.5. The summed E-state index contributed by atoms with van der Waals surface area (Å²) in [6, 6.07) is 9.14. The van der Waals surface area contributed by atoms with Crippen LogP contribution in [0.3, 0.4) is 0 Å². The molecule has 3 rings (SSSR count). The van der Waals surface area contributed by atoms with Crippen molar-refractivity contribution in [3.63, 3.8) is 0 Å². The fraction of sp³-hybridized carbons (Fsp3) is 0.367. The predicted molar refractivity (Wildman–Crippen MR) is 140 cm³/mol. The molecule has 0 bridgehead atoms. The van der Waals surface area contributed by atoms with E-state index in [0.717, 1.165) is 29.7 Å². The number of carbonyl (C=O) groups excluding carboxylic acids is 1. The van der Waals surface area contributed by atoms with Crippen LogP contribution in [-0.2, 0) is 36.2 Å². The molecule has 43 heavy (non-hydrogen) atoms. The van der Waals surface area contributed by atoms with Gasteiger partial charge >= 0.3 is 24.6 Å². The number of hydrogen-bond acceptors (Lipinski definition) is 3. The Morgan fingerprint density at radius 1 is 0.744 bits per heavy atom. The third-order valence-electron chi connectivity index (χ3n) is 6.72. The summed E-state index contributed by atoms with van der Waals surface area (Å²) in [5, 5.41) is 0. The lowest BCUT2D eigenvalue weighted by atomic mass is 9.92. The summed E-state index contributed by atoms with van der Waals surface area (Å²) in [6.45, 7) is 2.85. The SMILES string of the molecule is COC(=O)N(CCc1cc(C(F)(F)F)cc(C(F)(F)F)c1)Cc1cc(C(F)(F)F)ccc1-c1cc(C(C)C)ccc1OC. The van der Waals surface area contributed by atoms with Gasteiger partial charge in [0.1, 0.15) is 5.75 Å². The molecule has 0 radical (unpaired) electrons. The van der Waals surface area contributed by atoms with E-state index in [0.29, 0.717) is 23.4 Å². The highest BCUT2D eigenvalue weighted by Crippen LogP contribution is 2.39. The summed E-state index contributed by atoms with van der Waals surface area (Å²) in [7, 11) is 2.37. The van der Waals surface area contributed by atoms with Crippen LogP contribution in [0.1, 0.15) is 53.1 Å². The molecule has 0 aromatic heterocycles. The maximum absolute atomic E-state index is 13.7. The van der Waals surface area contributed by atoms with Gasteiger partial charge in [0.05, 0.1) is 30.9 Å². The molecule has 0 aliphatic carbocycles. The van der Waals surface area contributed by atoms with Crippen LogP contribution in [0.4, 0.5) is 44.3 Å². The molecule has 1 amide bonds. The van der Waals surface area contributed by atoms with Gasteiger partial charge < -0.3 is 14.4 Å². The van der Waals surface area contributed by atoms with Gasteiger partial charge in [0.15, 0.2) is 0 Å². The second-order valence-electron chi connectivity index (χ2n) is 10.0. The van der Waals surface area contributed by atoms with Crippen LogP contribution < -0.4 is 4.74 Å². The quantitative estimate of drug-likeness (QED) is 0.235. The van der Waals surface area contributed by atoms with Crippen molar-refractivity contribution in [1.82, 2.24) is 4.90 Å². The largest absolute Gasteiger partial charge is 0.496 e. The van der Waals surface area contributed by atoms with Crippen molar-refractivity contribution >= 4 is 6.09 Å². The zero-order chi connectivity index (χ0) is 32.3. The second-order valence-corrected chi connectivity index (χ2v) is 10.0. The molecule has 3 aromatic rings. The number of benzene rings is 3. The third kappa shape index (κ3) is 8.35. The highest BCUT2D eigenvalue weighted by molar-refractivity contribution is 5.76. The standard InChI is InChI=1S/C30H28F9NO3/c1-17(2)19-5-8-26(42-3)25(14-19)24-7-6-21(28(31,32)33)13-20(24)16-40(27(41)43-4)10-9-18-11-22(29(34,35)36)15-23(12-18)30(37,38)39/h5-8,11-15,17H,9-10,16H2,1-4H3. The molecule has 0 spiro atoms. The normalized spacial score (nSPS) is 12.4. The molecular formula is C30H28F9NO3. The molecule has 0 fully saturated rings. The summed E-state index contributed by atoms with van der Waals surface area (Å²) < 4.78 is 131. The van der Waals surface area contributed by atoms with Crippen molar-refractivity contribution in [3.05, 3.63) is 88.0 Å². The summed E-state index contributed by atoms with van der Waals surface area (Å²) in [5.41, 5.74) is -2.92. The fourth-order valence-corrected chi connectivity index (χ4v) is 4.46. The van der Waals surface area contributed by atoms with Crippen LogP contribution in [0, 0.1) is 0 Å². The topological polar surface area (TPSA) is 38.8 Å². The first-order chi connectivity index (χ1) is 19.8. The Labute approximate surface area is 242 Å². The first kappa shape index (κ1) is 33.6. The van der Waals surface area contributed by atoms with Crippen LogP contribution in [0.25, 0.3) is 11.1 Å². The average Bonchev–Trinajstić information content (AvgIpc) is 2.92. The van der Waals surface area contributed by atoms with E-state index in [9.17, 15) is 44.3 Å². The molecule has 13 heteroatoms. The van der Waals surface area contributed by atoms with Gasteiger partial charge in [-0.2, -0.15) is 39.5 Å². The molecule has 0 unspecified atom stereocenters. The van der Waals surface area contributed by atoms with E-state index in [2.05, 4.69) is 0 Å². The van der Waals surface area contributed by atoms with Crippen molar-refractivity contribution < 1.29 is 53.8 Å². The van der Waals surface area contributed by atoms with E-state index >= 15 is 0 Å². The van der Waals surface area contributed by atoms with E-state index in [1.54, 1.807) is 18.2 Å². The Morgan fingerprint density at radius 2 is 1.33 bits per heavy atom. The van der Waals surface area contributed by atoms with Gasteiger partial charge in [0, 0.05) is 18.7 Å². The summed E-state index contributed by atoms with van der Waals surface area (Å²) in [4.78, 5) is 13.6. The van der Waals surface area contributed by atoms with E-state index in [1.165, 1.54) is 13.2 Å². The zero-order valence-electron chi connectivity index (χ0n) is 23.5. The van der Waals surface area contributed by atoms with Crippen LogP contribution in [0.5, 0.6) is 5.75 Å². The van der Waals surface area contributed by atoms with Crippen molar-refractivity contribution in [2.75, 3.05) is 20.8 Å².